The molecule has 0 aliphatic rings. The lowest BCUT2D eigenvalue weighted by atomic mass is 10.3. The molecule has 1 heterocycles. The second-order valence-electron chi connectivity index (χ2n) is 3.96. The molecule has 2 atom stereocenters. The van der Waals surface area contributed by atoms with Crippen molar-refractivity contribution >= 4 is 11.8 Å². The summed E-state index contributed by atoms with van der Waals surface area (Å²) in [6, 6.07) is 0.546. The zero-order chi connectivity index (χ0) is 12.0. The molecule has 1 rings (SSSR count). The molecule has 1 aromatic rings. The third-order valence-corrected chi connectivity index (χ3v) is 3.25. The highest BCUT2D eigenvalue weighted by Crippen LogP contribution is 2.15. The van der Waals surface area contributed by atoms with Crippen LogP contribution in [0.3, 0.4) is 0 Å². The van der Waals surface area contributed by atoms with Crippen LogP contribution in [0.25, 0.3) is 0 Å². The Morgan fingerprint density at radius 3 is 2.81 bits per heavy atom. The number of hydrogen-bond acceptors (Lipinski definition) is 5. The van der Waals surface area contributed by atoms with Crippen molar-refractivity contribution in [2.45, 2.75) is 39.3 Å². The van der Waals surface area contributed by atoms with E-state index in [0.717, 1.165) is 24.5 Å². The lowest BCUT2D eigenvalue weighted by Gasteiger charge is -2.16. The summed E-state index contributed by atoms with van der Waals surface area (Å²) in [7, 11) is 0. The van der Waals surface area contributed by atoms with Gasteiger partial charge in [0.2, 0.25) is 0 Å². The molecule has 0 bridgehead atoms. The van der Waals surface area contributed by atoms with Crippen molar-refractivity contribution in [1.29, 1.82) is 0 Å². The Hall–Kier alpha value is -0.620. The maximum absolute atomic E-state index is 4.10. The smallest absolute Gasteiger partial charge is 0.168 e. The van der Waals surface area contributed by atoms with E-state index >= 15 is 0 Å². The minimum absolute atomic E-state index is 0.208. The highest BCUT2D eigenvalue weighted by atomic mass is 32.2. The van der Waals surface area contributed by atoms with Crippen LogP contribution in [0.5, 0.6) is 0 Å². The molecule has 0 aromatic carbocycles. The van der Waals surface area contributed by atoms with Crippen molar-refractivity contribution in [3.63, 3.8) is 0 Å². The Kier molecular flexibility index (Phi) is 5.76. The van der Waals surface area contributed by atoms with Gasteiger partial charge in [-0.1, -0.05) is 6.92 Å². The van der Waals surface area contributed by atoms with Crippen molar-refractivity contribution in [3.8, 4) is 0 Å². The molecule has 2 unspecified atom stereocenters. The van der Waals surface area contributed by atoms with Gasteiger partial charge in [0.1, 0.15) is 0 Å². The van der Waals surface area contributed by atoms with E-state index in [-0.39, 0.29) is 6.04 Å². The van der Waals surface area contributed by atoms with E-state index in [4.69, 9.17) is 0 Å². The maximum atomic E-state index is 4.10. The van der Waals surface area contributed by atoms with Gasteiger partial charge in [-0.3, -0.25) is 0 Å². The Morgan fingerprint density at radius 2 is 2.19 bits per heavy atom. The molecule has 16 heavy (non-hydrogen) atoms. The quantitative estimate of drug-likeness (QED) is 0.789. The predicted molar refractivity (Wildman–Crippen MR) is 67.6 cm³/mol. The molecule has 0 aliphatic heterocycles. The third kappa shape index (κ3) is 3.45. The van der Waals surface area contributed by atoms with Gasteiger partial charge in [-0.15, -0.1) is 5.10 Å². The fourth-order valence-corrected chi connectivity index (χ4v) is 2.19. The summed E-state index contributed by atoms with van der Waals surface area (Å²) < 4.78 is 1.92. The van der Waals surface area contributed by atoms with Crippen LogP contribution in [0.1, 0.15) is 45.1 Å². The second-order valence-corrected chi connectivity index (χ2v) is 4.87. The van der Waals surface area contributed by atoms with Gasteiger partial charge in [0.25, 0.3) is 0 Å². The zero-order valence-electron chi connectivity index (χ0n) is 10.5. The second kappa shape index (κ2) is 6.85. The van der Waals surface area contributed by atoms with Gasteiger partial charge in [-0.05, 0) is 43.5 Å². The molecule has 6 heteroatoms. The summed E-state index contributed by atoms with van der Waals surface area (Å²) in [5.74, 6) is 1.95. The van der Waals surface area contributed by atoms with Crippen molar-refractivity contribution in [1.82, 2.24) is 25.5 Å². The summed E-state index contributed by atoms with van der Waals surface area (Å²) in [5, 5.41) is 15.3. The number of nitrogens with zero attached hydrogens (tertiary/aromatic N) is 4. The van der Waals surface area contributed by atoms with Crippen LogP contribution < -0.4 is 5.32 Å². The molecule has 1 N–H and O–H groups in total. The normalized spacial score (nSPS) is 15.0. The maximum Gasteiger partial charge on any atom is 0.168 e. The Labute approximate surface area is 101 Å². The number of rotatable bonds is 7. The summed E-state index contributed by atoms with van der Waals surface area (Å²) in [4.78, 5) is 0. The van der Waals surface area contributed by atoms with E-state index in [2.05, 4.69) is 47.9 Å². The fourth-order valence-electron chi connectivity index (χ4n) is 1.56. The van der Waals surface area contributed by atoms with E-state index in [1.165, 1.54) is 0 Å². The number of tetrazole rings is 1. The highest BCUT2D eigenvalue weighted by Gasteiger charge is 2.17. The third-order valence-electron chi connectivity index (χ3n) is 2.43. The zero-order valence-corrected chi connectivity index (χ0v) is 11.3. The van der Waals surface area contributed by atoms with Gasteiger partial charge in [0.05, 0.1) is 12.1 Å². The largest absolute Gasteiger partial charge is 0.307 e. The van der Waals surface area contributed by atoms with Crippen LogP contribution >= 0.6 is 11.8 Å². The van der Waals surface area contributed by atoms with E-state index in [1.54, 1.807) is 0 Å². The first-order valence-electron chi connectivity index (χ1n) is 5.70. The van der Waals surface area contributed by atoms with E-state index in [9.17, 15) is 0 Å². The topological polar surface area (TPSA) is 55.6 Å². The fraction of sp³-hybridized carbons (Fsp3) is 0.900. The summed E-state index contributed by atoms with van der Waals surface area (Å²) in [5.41, 5.74) is 0. The lowest BCUT2D eigenvalue weighted by Crippen LogP contribution is -2.24. The monoisotopic (exact) mass is 243 g/mol. The highest BCUT2D eigenvalue weighted by molar-refractivity contribution is 7.98. The molecule has 0 radical (unpaired) electrons. The molecule has 0 aliphatic carbocycles. The number of nitrogens with one attached hydrogen (secondary N) is 1. The first-order chi connectivity index (χ1) is 7.70. The van der Waals surface area contributed by atoms with Crippen LogP contribution in [0.4, 0.5) is 0 Å². The molecule has 0 spiro atoms. The molecule has 1 aromatic heterocycles. The van der Waals surface area contributed by atoms with Crippen LogP contribution in [-0.4, -0.2) is 38.8 Å². The van der Waals surface area contributed by atoms with Crippen LogP contribution in [-0.2, 0) is 0 Å². The standard InChI is InChI=1S/C10H21N5S/c1-5-6-11-9(3)10-12-13-14-15(10)8(2)7-16-4/h8-9,11H,5-7H2,1-4H3. The minimum atomic E-state index is 0.208. The molecule has 92 valence electrons. The molecule has 0 saturated heterocycles. The van der Waals surface area contributed by atoms with Crippen molar-refractivity contribution < 1.29 is 0 Å². The van der Waals surface area contributed by atoms with Crippen LogP contribution in [0.2, 0.25) is 0 Å². The Bertz CT molecular complexity index is 301. The molecular weight excluding hydrogens is 222 g/mol. The SMILES string of the molecule is CCCNC(C)c1nnnn1C(C)CSC. The summed E-state index contributed by atoms with van der Waals surface area (Å²) in [6.07, 6.45) is 3.21. The number of thioether (sulfide) groups is 1. The predicted octanol–water partition coefficient (Wildman–Crippen LogP) is 1.66. The molecule has 0 amide bonds. The first-order valence-corrected chi connectivity index (χ1v) is 7.10. The molecule has 0 saturated carbocycles. The Morgan fingerprint density at radius 1 is 1.44 bits per heavy atom. The van der Waals surface area contributed by atoms with E-state index in [0.29, 0.717) is 6.04 Å². The van der Waals surface area contributed by atoms with Gasteiger partial charge in [-0.2, -0.15) is 11.8 Å². The Balaban J connectivity index is 2.68. The van der Waals surface area contributed by atoms with Gasteiger partial charge in [0.15, 0.2) is 5.82 Å². The number of hydrogen-bond donors (Lipinski definition) is 1. The first kappa shape index (κ1) is 13.4. The lowest BCUT2D eigenvalue weighted by molar-refractivity contribution is 0.453. The molecule has 5 nitrogen and oxygen atoms in total. The van der Waals surface area contributed by atoms with Crippen molar-refractivity contribution in [2.24, 2.45) is 0 Å². The summed E-state index contributed by atoms with van der Waals surface area (Å²) in [6.45, 7) is 7.39. The molecular formula is C10H21N5S. The average Bonchev–Trinajstić information content (AvgIpc) is 2.75. The number of aromatic nitrogens is 4. The van der Waals surface area contributed by atoms with Gasteiger partial charge in [-0.25, -0.2) is 4.68 Å². The van der Waals surface area contributed by atoms with Crippen molar-refractivity contribution in [3.05, 3.63) is 5.82 Å². The van der Waals surface area contributed by atoms with Crippen molar-refractivity contribution in [2.75, 3.05) is 18.6 Å². The molecule has 0 fully saturated rings. The van der Waals surface area contributed by atoms with E-state index < -0.39 is 0 Å². The van der Waals surface area contributed by atoms with Crippen LogP contribution in [0, 0.1) is 0 Å². The van der Waals surface area contributed by atoms with Gasteiger partial charge in [0, 0.05) is 5.75 Å². The van der Waals surface area contributed by atoms with Crippen LogP contribution in [0.15, 0.2) is 0 Å². The minimum Gasteiger partial charge on any atom is -0.307 e. The summed E-state index contributed by atoms with van der Waals surface area (Å²) >= 11 is 1.81. The van der Waals surface area contributed by atoms with Gasteiger partial charge < -0.3 is 5.32 Å². The average molecular weight is 243 g/mol. The van der Waals surface area contributed by atoms with E-state index in [1.807, 2.05) is 16.4 Å². The van der Waals surface area contributed by atoms with Gasteiger partial charge >= 0.3 is 0 Å².